The Kier molecular flexibility index (Phi) is 4.53. The van der Waals surface area contributed by atoms with E-state index < -0.39 is 0 Å². The van der Waals surface area contributed by atoms with E-state index in [0.717, 1.165) is 22.8 Å². The van der Waals surface area contributed by atoms with Gasteiger partial charge in [0.25, 0.3) is 0 Å². The lowest BCUT2D eigenvalue weighted by molar-refractivity contribution is 0.248. The van der Waals surface area contributed by atoms with Gasteiger partial charge in [-0.15, -0.1) is 11.3 Å². The highest BCUT2D eigenvalue weighted by Crippen LogP contribution is 2.26. The predicted molar refractivity (Wildman–Crippen MR) is 82.6 cm³/mol. The first kappa shape index (κ1) is 14.7. The molecule has 4 heteroatoms. The maximum absolute atomic E-state index is 8.95. The van der Waals surface area contributed by atoms with Crippen molar-refractivity contribution in [1.82, 2.24) is 9.88 Å². The van der Waals surface area contributed by atoms with Crippen molar-refractivity contribution in [2.75, 3.05) is 7.05 Å². The minimum absolute atomic E-state index is 0.269. The second-order valence-electron chi connectivity index (χ2n) is 5.08. The van der Waals surface area contributed by atoms with E-state index in [1.807, 2.05) is 25.1 Å². The molecular weight excluding hydrogens is 266 g/mol. The lowest BCUT2D eigenvalue weighted by Crippen LogP contribution is -2.22. The second-order valence-corrected chi connectivity index (χ2v) is 6.48. The number of nitriles is 1. The van der Waals surface area contributed by atoms with Crippen molar-refractivity contribution in [2.45, 2.75) is 33.4 Å². The molecule has 104 valence electrons. The minimum atomic E-state index is 0.269. The van der Waals surface area contributed by atoms with Crippen LogP contribution in [0.1, 0.15) is 39.7 Å². The Hall–Kier alpha value is -1.70. The van der Waals surface area contributed by atoms with Gasteiger partial charge >= 0.3 is 0 Å². The van der Waals surface area contributed by atoms with Crippen molar-refractivity contribution >= 4 is 11.3 Å². The first-order chi connectivity index (χ1) is 9.51. The topological polar surface area (TPSA) is 39.9 Å². The van der Waals surface area contributed by atoms with Crippen LogP contribution in [0, 0.1) is 25.2 Å². The second kappa shape index (κ2) is 6.17. The van der Waals surface area contributed by atoms with Crippen LogP contribution in [0.3, 0.4) is 0 Å². The molecule has 0 fully saturated rings. The summed E-state index contributed by atoms with van der Waals surface area (Å²) in [6.07, 6.45) is 0. The van der Waals surface area contributed by atoms with Crippen LogP contribution in [-0.2, 0) is 6.54 Å². The summed E-state index contributed by atoms with van der Waals surface area (Å²) in [5.74, 6) is 0. The van der Waals surface area contributed by atoms with Crippen molar-refractivity contribution in [3.05, 3.63) is 51.0 Å². The van der Waals surface area contributed by atoms with E-state index in [1.54, 1.807) is 11.3 Å². The Morgan fingerprint density at radius 1 is 1.40 bits per heavy atom. The number of thiazole rings is 1. The summed E-state index contributed by atoms with van der Waals surface area (Å²) in [4.78, 5) is 8.18. The average Bonchev–Trinajstić information content (AvgIpc) is 2.77. The lowest BCUT2D eigenvalue weighted by Gasteiger charge is -2.24. The zero-order chi connectivity index (χ0) is 14.7. The van der Waals surface area contributed by atoms with E-state index in [4.69, 9.17) is 5.26 Å². The van der Waals surface area contributed by atoms with Crippen molar-refractivity contribution in [1.29, 1.82) is 5.26 Å². The zero-order valence-corrected chi connectivity index (χ0v) is 13.2. The van der Waals surface area contributed by atoms with Crippen LogP contribution in [-0.4, -0.2) is 16.9 Å². The molecule has 0 saturated heterocycles. The molecule has 0 aliphatic rings. The quantitative estimate of drug-likeness (QED) is 0.857. The van der Waals surface area contributed by atoms with E-state index in [2.05, 4.69) is 42.9 Å². The third-order valence-electron chi connectivity index (χ3n) is 3.48. The summed E-state index contributed by atoms with van der Waals surface area (Å²) in [7, 11) is 2.10. The van der Waals surface area contributed by atoms with Gasteiger partial charge < -0.3 is 0 Å². The molecule has 0 N–H and O–H groups in total. The van der Waals surface area contributed by atoms with Gasteiger partial charge in [-0.05, 0) is 45.5 Å². The third-order valence-corrected chi connectivity index (χ3v) is 4.39. The molecule has 1 aromatic carbocycles. The van der Waals surface area contributed by atoms with Gasteiger partial charge in [0.05, 0.1) is 28.4 Å². The van der Waals surface area contributed by atoms with Crippen molar-refractivity contribution < 1.29 is 0 Å². The largest absolute Gasteiger partial charge is 0.294 e. The van der Waals surface area contributed by atoms with Gasteiger partial charge in [0.2, 0.25) is 0 Å². The molecular formula is C16H19N3S. The fourth-order valence-electron chi connectivity index (χ4n) is 2.31. The Morgan fingerprint density at radius 2 is 2.15 bits per heavy atom. The van der Waals surface area contributed by atoms with Crippen LogP contribution in [0.5, 0.6) is 0 Å². The zero-order valence-electron chi connectivity index (χ0n) is 12.3. The Bertz CT molecular complexity index is 639. The highest BCUT2D eigenvalue weighted by Gasteiger charge is 2.17. The number of hydrogen-bond acceptors (Lipinski definition) is 4. The van der Waals surface area contributed by atoms with Gasteiger partial charge in [0.15, 0.2) is 0 Å². The van der Waals surface area contributed by atoms with Crippen molar-refractivity contribution in [2.24, 2.45) is 0 Å². The van der Waals surface area contributed by atoms with Gasteiger partial charge in [-0.25, -0.2) is 4.98 Å². The van der Waals surface area contributed by atoms with Crippen LogP contribution in [0.2, 0.25) is 0 Å². The van der Waals surface area contributed by atoms with Gasteiger partial charge in [-0.3, -0.25) is 4.90 Å². The molecule has 3 nitrogen and oxygen atoms in total. The van der Waals surface area contributed by atoms with E-state index in [0.29, 0.717) is 5.56 Å². The maximum atomic E-state index is 8.95. The molecule has 0 unspecified atom stereocenters. The van der Waals surface area contributed by atoms with Crippen LogP contribution in [0.4, 0.5) is 0 Å². The Balaban J connectivity index is 2.13. The third kappa shape index (κ3) is 3.24. The lowest BCUT2D eigenvalue weighted by atomic mass is 10.1. The highest BCUT2D eigenvalue weighted by molar-refractivity contribution is 7.11. The van der Waals surface area contributed by atoms with Crippen LogP contribution >= 0.6 is 11.3 Å². The van der Waals surface area contributed by atoms with Crippen molar-refractivity contribution in [3.63, 3.8) is 0 Å². The summed E-state index contributed by atoms with van der Waals surface area (Å²) >= 11 is 1.75. The minimum Gasteiger partial charge on any atom is -0.294 e. The molecule has 0 aliphatic carbocycles. The van der Waals surface area contributed by atoms with Gasteiger partial charge in [0.1, 0.15) is 0 Å². The highest BCUT2D eigenvalue weighted by atomic mass is 32.1. The van der Waals surface area contributed by atoms with Crippen molar-refractivity contribution in [3.8, 4) is 6.07 Å². The summed E-state index contributed by atoms with van der Waals surface area (Å²) in [6.45, 7) is 7.16. The molecule has 1 aromatic heterocycles. The number of aromatic nitrogens is 1. The van der Waals surface area contributed by atoms with Gasteiger partial charge in [-0.1, -0.05) is 12.1 Å². The normalized spacial score (nSPS) is 12.4. The molecule has 0 saturated carbocycles. The molecule has 2 rings (SSSR count). The first-order valence-corrected chi connectivity index (χ1v) is 7.46. The van der Waals surface area contributed by atoms with E-state index in [1.165, 1.54) is 4.88 Å². The van der Waals surface area contributed by atoms with Gasteiger partial charge in [-0.2, -0.15) is 5.26 Å². The number of rotatable bonds is 4. The molecule has 0 spiro atoms. The molecule has 0 radical (unpaired) electrons. The number of hydrogen-bond donors (Lipinski definition) is 0. The molecule has 0 aliphatic heterocycles. The van der Waals surface area contributed by atoms with Crippen LogP contribution < -0.4 is 0 Å². The molecule has 0 bridgehead atoms. The van der Waals surface area contributed by atoms with E-state index >= 15 is 0 Å². The van der Waals surface area contributed by atoms with E-state index in [-0.39, 0.29) is 6.04 Å². The number of aryl methyl sites for hydroxylation is 2. The SMILES string of the molecule is Cc1nc([C@@H](C)N(C)Cc2cccc(C#N)c2)c(C)s1. The number of nitrogens with zero attached hydrogens (tertiary/aromatic N) is 3. The summed E-state index contributed by atoms with van der Waals surface area (Å²) in [6, 6.07) is 10.2. The number of benzene rings is 1. The smallest absolute Gasteiger partial charge is 0.0991 e. The molecule has 20 heavy (non-hydrogen) atoms. The fraction of sp³-hybridized carbons (Fsp3) is 0.375. The molecule has 2 aromatic rings. The Morgan fingerprint density at radius 3 is 2.75 bits per heavy atom. The fourth-order valence-corrected chi connectivity index (χ4v) is 3.21. The maximum Gasteiger partial charge on any atom is 0.0991 e. The van der Waals surface area contributed by atoms with Crippen LogP contribution in [0.15, 0.2) is 24.3 Å². The Labute approximate surface area is 124 Å². The predicted octanol–water partition coefficient (Wildman–Crippen LogP) is 3.82. The van der Waals surface area contributed by atoms with Gasteiger partial charge in [0, 0.05) is 11.4 Å². The molecule has 1 atom stereocenters. The summed E-state index contributed by atoms with van der Waals surface area (Å²) < 4.78 is 0. The summed E-state index contributed by atoms with van der Waals surface area (Å²) in [5.41, 5.74) is 3.03. The van der Waals surface area contributed by atoms with Crippen LogP contribution in [0.25, 0.3) is 0 Å². The standard InChI is InChI=1S/C16H19N3S/c1-11(16-12(2)20-13(3)18-16)19(4)10-15-7-5-6-14(8-15)9-17/h5-8,11H,10H2,1-4H3/t11-/m1/s1. The first-order valence-electron chi connectivity index (χ1n) is 6.64. The monoisotopic (exact) mass is 285 g/mol. The van der Waals surface area contributed by atoms with E-state index in [9.17, 15) is 0 Å². The average molecular weight is 285 g/mol. The molecule has 0 amide bonds. The molecule has 1 heterocycles. The summed E-state index contributed by atoms with van der Waals surface area (Å²) in [5, 5.41) is 10.1.